The number of carbonyl (C=O) groups excluding carboxylic acids is 2. The first kappa shape index (κ1) is 23.0. The van der Waals surface area contributed by atoms with Crippen LogP contribution in [0, 0.1) is 0 Å². The number of aromatic amines is 1. The van der Waals surface area contributed by atoms with E-state index in [1.165, 1.54) is 10.2 Å². The summed E-state index contributed by atoms with van der Waals surface area (Å²) in [6, 6.07) is -1.33. The van der Waals surface area contributed by atoms with Crippen LogP contribution in [0.2, 0.25) is 0 Å². The Morgan fingerprint density at radius 1 is 1.25 bits per heavy atom. The Hall–Kier alpha value is -2.99. The number of aromatic nitrogens is 2. The number of carbonyl (C=O) groups is 2. The fourth-order valence-electron chi connectivity index (χ4n) is 2.33. The van der Waals surface area contributed by atoms with Crippen molar-refractivity contribution in [3.05, 3.63) is 20.8 Å². The number of halogens is 3. The number of rotatable bonds is 8. The van der Waals surface area contributed by atoms with Gasteiger partial charge in [0, 0.05) is 13.1 Å². The normalized spacial score (nSPS) is 11.2. The summed E-state index contributed by atoms with van der Waals surface area (Å²) in [5.74, 6) is -1.09. The summed E-state index contributed by atoms with van der Waals surface area (Å²) >= 11 is 0. The van der Waals surface area contributed by atoms with Crippen LogP contribution in [-0.4, -0.2) is 47.3 Å². The number of nitrogen functional groups attached to an aromatic ring is 1. The molecule has 5 N–H and O–H groups in total. The average Bonchev–Trinajstić information content (AvgIpc) is 2.58. The molecule has 13 heteroatoms. The summed E-state index contributed by atoms with van der Waals surface area (Å²) in [5.41, 5.74) is 4.30. The summed E-state index contributed by atoms with van der Waals surface area (Å²) in [7, 11) is 0. The monoisotopic (exact) mass is 408 g/mol. The van der Waals surface area contributed by atoms with Crippen LogP contribution < -0.4 is 32.5 Å². The lowest BCUT2D eigenvalue weighted by Crippen LogP contribution is -2.48. The van der Waals surface area contributed by atoms with E-state index in [2.05, 4.69) is 4.98 Å². The highest BCUT2D eigenvalue weighted by Gasteiger charge is 2.28. The summed E-state index contributed by atoms with van der Waals surface area (Å²) in [4.78, 5) is 50.7. The maximum atomic E-state index is 12.2. The highest BCUT2D eigenvalue weighted by atomic mass is 19.4. The minimum Gasteiger partial charge on any atom is -0.383 e. The number of imide groups is 1. The Morgan fingerprint density at radius 3 is 2.43 bits per heavy atom. The highest BCUT2D eigenvalue weighted by molar-refractivity contribution is 5.96. The number of nitrogens with zero attached hydrogens (tertiary/aromatic N) is 2. The van der Waals surface area contributed by atoms with Gasteiger partial charge in [-0.05, 0) is 13.3 Å². The van der Waals surface area contributed by atoms with E-state index in [4.69, 9.17) is 5.73 Å². The number of nitrogens with one attached hydrogen (secondary N) is 3. The first-order valence-corrected chi connectivity index (χ1v) is 8.52. The smallest absolute Gasteiger partial charge is 0.383 e. The molecule has 0 fully saturated rings. The molecule has 0 spiro atoms. The Labute approximate surface area is 157 Å². The lowest BCUT2D eigenvalue weighted by atomic mass is 10.3. The number of nitrogens with two attached hydrogens (primary N) is 1. The van der Waals surface area contributed by atoms with Crippen LogP contribution >= 0.6 is 0 Å². The van der Waals surface area contributed by atoms with Crippen molar-refractivity contribution in [3.63, 3.8) is 0 Å². The first-order valence-electron chi connectivity index (χ1n) is 8.52. The average molecular weight is 408 g/mol. The minimum absolute atomic E-state index is 0.108. The number of likely N-dealkylation sites (N-methyl/N-ethyl adjacent to an activating group) is 1. The van der Waals surface area contributed by atoms with Gasteiger partial charge in [0.2, 0.25) is 5.91 Å². The van der Waals surface area contributed by atoms with Gasteiger partial charge in [-0.15, -0.1) is 0 Å². The lowest BCUT2D eigenvalue weighted by Gasteiger charge is -2.24. The molecular formula is C15H23F3N6O4. The molecule has 0 radical (unpaired) electrons. The molecule has 28 heavy (non-hydrogen) atoms. The van der Waals surface area contributed by atoms with Gasteiger partial charge in [-0.1, -0.05) is 13.3 Å². The van der Waals surface area contributed by atoms with Crippen molar-refractivity contribution < 1.29 is 22.8 Å². The van der Waals surface area contributed by atoms with E-state index in [1.807, 2.05) is 6.92 Å². The maximum Gasteiger partial charge on any atom is 0.405 e. The van der Waals surface area contributed by atoms with Gasteiger partial charge < -0.3 is 16.0 Å². The summed E-state index contributed by atoms with van der Waals surface area (Å²) < 4.78 is 37.4. The fourth-order valence-corrected chi connectivity index (χ4v) is 2.33. The van der Waals surface area contributed by atoms with Crippen molar-refractivity contribution in [1.82, 2.24) is 20.2 Å². The van der Waals surface area contributed by atoms with Gasteiger partial charge in [-0.2, -0.15) is 13.2 Å². The molecule has 0 saturated carbocycles. The van der Waals surface area contributed by atoms with Crippen molar-refractivity contribution >= 4 is 23.4 Å². The Balaban J connectivity index is 2.96. The number of urea groups is 1. The lowest BCUT2D eigenvalue weighted by molar-refractivity contribution is -0.124. The standard InChI is InChI=1S/C15H23F3N6O4/c1-3-5-6-24-11(19)10(12(26)22-14(24)28)23(4-2)7-9(25)21-13(27)20-8-15(16,17)18/h3-8,19H2,1-2H3,(H,22,26,28)(H2,20,21,25,27). The predicted molar refractivity (Wildman–Crippen MR) is 96.1 cm³/mol. The molecule has 0 bridgehead atoms. The van der Waals surface area contributed by atoms with Gasteiger partial charge in [0.15, 0.2) is 0 Å². The molecule has 10 nitrogen and oxygen atoms in total. The van der Waals surface area contributed by atoms with Crippen molar-refractivity contribution in [3.8, 4) is 0 Å². The molecule has 0 aliphatic heterocycles. The predicted octanol–water partition coefficient (Wildman–Crippen LogP) is 0.133. The molecule has 0 unspecified atom stereocenters. The number of H-pyrrole nitrogens is 1. The van der Waals surface area contributed by atoms with E-state index in [1.54, 1.807) is 12.2 Å². The van der Waals surface area contributed by atoms with Crippen LogP contribution in [0.5, 0.6) is 0 Å². The van der Waals surface area contributed by atoms with Crippen LogP contribution in [0.1, 0.15) is 26.7 Å². The van der Waals surface area contributed by atoms with Crippen LogP contribution in [0.25, 0.3) is 0 Å². The van der Waals surface area contributed by atoms with E-state index in [0.717, 1.165) is 11.0 Å². The van der Waals surface area contributed by atoms with E-state index in [-0.39, 0.29) is 24.6 Å². The van der Waals surface area contributed by atoms with E-state index >= 15 is 0 Å². The molecule has 1 aromatic rings. The molecule has 1 rings (SSSR count). The third-order valence-corrected chi connectivity index (χ3v) is 3.68. The number of anilines is 2. The third-order valence-electron chi connectivity index (χ3n) is 3.68. The van der Waals surface area contributed by atoms with E-state index in [0.29, 0.717) is 6.42 Å². The highest BCUT2D eigenvalue weighted by Crippen LogP contribution is 2.16. The second-order valence-electron chi connectivity index (χ2n) is 5.86. The van der Waals surface area contributed by atoms with Crippen molar-refractivity contribution in [1.29, 1.82) is 0 Å². The first-order chi connectivity index (χ1) is 13.0. The van der Waals surface area contributed by atoms with Crippen LogP contribution in [0.15, 0.2) is 9.59 Å². The number of amides is 3. The summed E-state index contributed by atoms with van der Waals surface area (Å²) in [6.07, 6.45) is -3.22. The largest absolute Gasteiger partial charge is 0.405 e. The van der Waals surface area contributed by atoms with Crippen molar-refractivity contribution in [2.45, 2.75) is 39.4 Å². The third kappa shape index (κ3) is 6.63. The zero-order valence-corrected chi connectivity index (χ0v) is 15.5. The van der Waals surface area contributed by atoms with E-state index in [9.17, 15) is 32.3 Å². The zero-order chi connectivity index (χ0) is 21.5. The molecule has 1 heterocycles. The molecular weight excluding hydrogens is 385 g/mol. The van der Waals surface area contributed by atoms with Gasteiger partial charge >= 0.3 is 17.9 Å². The second kappa shape index (κ2) is 9.80. The summed E-state index contributed by atoms with van der Waals surface area (Å²) in [6.45, 7) is 1.73. The number of alkyl halides is 3. The van der Waals surface area contributed by atoms with Gasteiger partial charge in [-0.25, -0.2) is 9.59 Å². The van der Waals surface area contributed by atoms with Crippen LogP contribution in [0.3, 0.4) is 0 Å². The van der Waals surface area contributed by atoms with Crippen LogP contribution in [-0.2, 0) is 11.3 Å². The van der Waals surface area contributed by atoms with Crippen molar-refractivity contribution in [2.24, 2.45) is 0 Å². The van der Waals surface area contributed by atoms with Gasteiger partial charge in [0.05, 0.1) is 6.54 Å². The fraction of sp³-hybridized carbons (Fsp3) is 0.600. The van der Waals surface area contributed by atoms with Gasteiger partial charge in [0.25, 0.3) is 5.56 Å². The van der Waals surface area contributed by atoms with Gasteiger partial charge in [-0.3, -0.25) is 24.5 Å². The quantitative estimate of drug-likeness (QED) is 0.482. The summed E-state index contributed by atoms with van der Waals surface area (Å²) in [5, 5.41) is 3.23. The Morgan fingerprint density at radius 2 is 1.89 bits per heavy atom. The number of hydrogen-bond acceptors (Lipinski definition) is 6. The topological polar surface area (TPSA) is 142 Å². The number of unbranched alkanes of at least 4 members (excludes halogenated alkanes) is 1. The molecule has 0 aromatic carbocycles. The maximum absolute atomic E-state index is 12.2. The molecule has 1 aromatic heterocycles. The SMILES string of the molecule is CCCCn1c(N)c(N(CC)CC(=O)NC(=O)NCC(F)(F)F)c(=O)[nH]c1=O. The zero-order valence-electron chi connectivity index (χ0n) is 15.5. The Kier molecular flexibility index (Phi) is 8.07. The Bertz CT molecular complexity index is 817. The molecule has 0 saturated heterocycles. The molecule has 0 atom stereocenters. The molecule has 0 aliphatic carbocycles. The minimum atomic E-state index is -4.62. The molecule has 3 amide bonds. The molecule has 0 aliphatic rings. The van der Waals surface area contributed by atoms with Crippen LogP contribution in [0.4, 0.5) is 29.5 Å². The van der Waals surface area contributed by atoms with Crippen molar-refractivity contribution in [2.75, 3.05) is 30.3 Å². The molecule has 158 valence electrons. The van der Waals surface area contributed by atoms with E-state index < -0.39 is 42.5 Å². The second-order valence-corrected chi connectivity index (χ2v) is 5.86. The van der Waals surface area contributed by atoms with Gasteiger partial charge in [0.1, 0.15) is 18.1 Å². The number of hydrogen-bond donors (Lipinski definition) is 4.